The number of aromatic nitrogens is 1. The fraction of sp³-hybridized carbons (Fsp3) is 0.447. The van der Waals surface area contributed by atoms with Crippen LogP contribution in [0.3, 0.4) is 0 Å². The van der Waals surface area contributed by atoms with Crippen LogP contribution < -0.4 is 16.0 Å². The fourth-order valence-electron chi connectivity index (χ4n) is 5.52. The van der Waals surface area contributed by atoms with Gasteiger partial charge >= 0.3 is 6.09 Å². The lowest BCUT2D eigenvalue weighted by Crippen LogP contribution is -2.59. The van der Waals surface area contributed by atoms with Gasteiger partial charge < -0.3 is 30.7 Å². The lowest BCUT2D eigenvalue weighted by Gasteiger charge is -2.34. The number of nitrogens with zero attached hydrogens (tertiary/aromatic N) is 2. The van der Waals surface area contributed by atoms with Gasteiger partial charge in [-0.15, -0.1) is 0 Å². The van der Waals surface area contributed by atoms with E-state index in [9.17, 15) is 28.7 Å². The van der Waals surface area contributed by atoms with E-state index in [1.54, 1.807) is 44.2 Å². The molecular formula is C38H50FN5O6. The van der Waals surface area contributed by atoms with Crippen LogP contribution in [0.2, 0.25) is 0 Å². The molecule has 0 fully saturated rings. The van der Waals surface area contributed by atoms with Crippen molar-refractivity contribution in [2.75, 3.05) is 19.0 Å². The molecule has 0 aliphatic rings. The number of unbranched alkanes of at least 4 members (excludes halogenated alkanes) is 1. The highest BCUT2D eigenvalue weighted by atomic mass is 19.1. The fourth-order valence-corrected chi connectivity index (χ4v) is 5.52. The molecule has 0 bridgehead atoms. The number of hydrogen-bond donors (Lipinski definition) is 4. The Morgan fingerprint density at radius 1 is 0.920 bits per heavy atom. The summed E-state index contributed by atoms with van der Waals surface area (Å²) in [4.78, 5) is 59.9. The first-order valence-electron chi connectivity index (χ1n) is 16.9. The molecule has 0 radical (unpaired) electrons. The summed E-state index contributed by atoms with van der Waals surface area (Å²) in [5.74, 6) is -2.11. The summed E-state index contributed by atoms with van der Waals surface area (Å²) >= 11 is 0. The third-order valence-corrected chi connectivity index (χ3v) is 8.20. The van der Waals surface area contributed by atoms with Crippen molar-refractivity contribution in [3.05, 3.63) is 89.4 Å². The van der Waals surface area contributed by atoms with Crippen LogP contribution in [0.1, 0.15) is 71.1 Å². The van der Waals surface area contributed by atoms with Gasteiger partial charge in [-0.3, -0.25) is 14.4 Å². The molecule has 3 rings (SSSR count). The van der Waals surface area contributed by atoms with Gasteiger partial charge in [0.1, 0.15) is 35.5 Å². The van der Waals surface area contributed by atoms with E-state index in [1.165, 1.54) is 42.4 Å². The average molecular weight is 692 g/mol. The van der Waals surface area contributed by atoms with E-state index in [0.29, 0.717) is 28.9 Å². The van der Waals surface area contributed by atoms with Crippen LogP contribution in [0.15, 0.2) is 66.9 Å². The third kappa shape index (κ3) is 11.6. The van der Waals surface area contributed by atoms with Gasteiger partial charge in [-0.1, -0.05) is 78.3 Å². The highest BCUT2D eigenvalue weighted by molar-refractivity contribution is 5.98. The standard InChI is InChI=1S/C38H50FN5O6/c1-8-9-20-50-37(49)42-30(22-25-13-16-27(39)17-14-25)36(48)44(7)33(24(2)3)35(47)41-29(34(46)43-32-12-10-11-19-40-32)23-26-15-18-31(45)28(21-26)38(4,5)6/h10-19,21,24,29-30,33,45H,8-9,20,22-23H2,1-7H3,(H,41,47)(H,42,49)(H,40,43,46). The molecule has 12 heteroatoms. The predicted molar refractivity (Wildman–Crippen MR) is 190 cm³/mol. The smallest absolute Gasteiger partial charge is 0.407 e. The van der Waals surface area contributed by atoms with E-state index in [2.05, 4.69) is 20.9 Å². The molecule has 4 amide bonds. The van der Waals surface area contributed by atoms with E-state index < -0.39 is 53.7 Å². The maximum Gasteiger partial charge on any atom is 0.407 e. The number of alkyl carbamates (subject to hydrolysis) is 1. The monoisotopic (exact) mass is 691 g/mol. The molecule has 4 N–H and O–H groups in total. The molecule has 11 nitrogen and oxygen atoms in total. The minimum atomic E-state index is -1.13. The molecule has 0 saturated heterocycles. The number of hydrogen-bond acceptors (Lipinski definition) is 7. The topological polar surface area (TPSA) is 150 Å². The van der Waals surface area contributed by atoms with E-state index in [-0.39, 0.29) is 30.6 Å². The number of likely N-dealkylation sites (N-methyl/N-ethyl adjacent to an activating group) is 1. The molecule has 1 heterocycles. The summed E-state index contributed by atoms with van der Waals surface area (Å²) in [7, 11) is 1.47. The van der Waals surface area contributed by atoms with Crippen molar-refractivity contribution in [3.8, 4) is 5.75 Å². The summed E-state index contributed by atoms with van der Waals surface area (Å²) in [6.45, 7) is 11.6. The summed E-state index contributed by atoms with van der Waals surface area (Å²) in [5, 5.41) is 18.7. The number of carbonyl (C=O) groups is 4. The van der Waals surface area contributed by atoms with Crippen molar-refractivity contribution >= 4 is 29.6 Å². The number of rotatable bonds is 15. The first-order valence-corrected chi connectivity index (χ1v) is 16.9. The molecule has 1 aromatic heterocycles. The summed E-state index contributed by atoms with van der Waals surface area (Å²) < 4.78 is 18.9. The quantitative estimate of drug-likeness (QED) is 0.154. The maximum absolute atomic E-state index is 14.1. The van der Waals surface area contributed by atoms with Crippen LogP contribution in [-0.2, 0) is 37.4 Å². The first kappa shape index (κ1) is 39.4. The Balaban J connectivity index is 1.91. The number of anilines is 1. The molecule has 3 atom stereocenters. The van der Waals surface area contributed by atoms with Gasteiger partial charge in [0.15, 0.2) is 0 Å². The molecule has 50 heavy (non-hydrogen) atoms. The van der Waals surface area contributed by atoms with Crippen LogP contribution in [0, 0.1) is 11.7 Å². The molecule has 0 spiro atoms. The van der Waals surface area contributed by atoms with Gasteiger partial charge in [-0.25, -0.2) is 14.2 Å². The Labute approximate surface area is 294 Å². The van der Waals surface area contributed by atoms with Crippen molar-refractivity contribution in [3.63, 3.8) is 0 Å². The second-order valence-electron chi connectivity index (χ2n) is 13.7. The molecule has 2 aromatic carbocycles. The zero-order valence-electron chi connectivity index (χ0n) is 30.0. The molecule has 270 valence electrons. The van der Waals surface area contributed by atoms with Gasteiger partial charge in [0.25, 0.3) is 0 Å². The van der Waals surface area contributed by atoms with Gasteiger partial charge in [-0.2, -0.15) is 0 Å². The van der Waals surface area contributed by atoms with Gasteiger partial charge in [0.2, 0.25) is 17.7 Å². The van der Waals surface area contributed by atoms with E-state index >= 15 is 0 Å². The highest BCUT2D eigenvalue weighted by Gasteiger charge is 2.36. The van der Waals surface area contributed by atoms with Gasteiger partial charge in [0, 0.05) is 26.1 Å². The Bertz CT molecular complexity index is 1590. The van der Waals surface area contributed by atoms with Crippen molar-refractivity contribution in [2.24, 2.45) is 5.92 Å². The number of pyridine rings is 1. The highest BCUT2D eigenvalue weighted by Crippen LogP contribution is 2.31. The van der Waals surface area contributed by atoms with Gasteiger partial charge in [-0.05, 0) is 64.8 Å². The van der Waals surface area contributed by atoms with E-state index in [4.69, 9.17) is 4.74 Å². The average Bonchev–Trinajstić information content (AvgIpc) is 3.05. The number of phenols is 1. The number of carbonyl (C=O) groups excluding carboxylic acids is 4. The minimum absolute atomic E-state index is 0.0187. The lowest BCUT2D eigenvalue weighted by atomic mass is 9.84. The number of halogens is 1. The lowest BCUT2D eigenvalue weighted by molar-refractivity contribution is -0.142. The second-order valence-corrected chi connectivity index (χ2v) is 13.7. The summed E-state index contributed by atoms with van der Waals surface area (Å²) in [6.07, 6.45) is 2.30. The Morgan fingerprint density at radius 2 is 1.58 bits per heavy atom. The van der Waals surface area contributed by atoms with Crippen LogP contribution in [0.25, 0.3) is 0 Å². The largest absolute Gasteiger partial charge is 0.508 e. The number of benzene rings is 2. The van der Waals surface area contributed by atoms with Gasteiger partial charge in [0.05, 0.1) is 6.61 Å². The van der Waals surface area contributed by atoms with Crippen molar-refractivity contribution < 1.29 is 33.4 Å². The molecule has 3 aromatic rings. The Kier molecular flexibility index (Phi) is 14.3. The number of nitrogens with one attached hydrogen (secondary N) is 3. The van der Waals surface area contributed by atoms with Crippen LogP contribution >= 0.6 is 0 Å². The van der Waals surface area contributed by atoms with Crippen molar-refractivity contribution in [1.29, 1.82) is 0 Å². The Hall–Kier alpha value is -5.00. The second kappa shape index (κ2) is 18.1. The first-order chi connectivity index (χ1) is 23.6. The number of ether oxygens (including phenoxy) is 1. The number of phenolic OH excluding ortho intramolecular Hbond substituents is 1. The van der Waals surface area contributed by atoms with Crippen LogP contribution in [0.4, 0.5) is 15.0 Å². The SMILES string of the molecule is CCCCOC(=O)NC(Cc1ccc(F)cc1)C(=O)N(C)C(C(=O)NC(Cc1ccc(O)c(C(C)(C)C)c1)C(=O)Nc1ccccn1)C(C)C. The van der Waals surface area contributed by atoms with Crippen LogP contribution in [0.5, 0.6) is 5.75 Å². The van der Waals surface area contributed by atoms with E-state index in [0.717, 1.165) is 6.42 Å². The van der Waals surface area contributed by atoms with Crippen molar-refractivity contribution in [2.45, 2.75) is 90.8 Å². The Morgan fingerprint density at radius 3 is 2.18 bits per heavy atom. The molecule has 0 aliphatic carbocycles. The number of amides is 4. The zero-order valence-corrected chi connectivity index (χ0v) is 30.0. The van der Waals surface area contributed by atoms with E-state index in [1.807, 2.05) is 33.8 Å². The molecule has 0 saturated carbocycles. The molecular weight excluding hydrogens is 641 g/mol. The van der Waals surface area contributed by atoms with Crippen molar-refractivity contribution in [1.82, 2.24) is 20.5 Å². The predicted octanol–water partition coefficient (Wildman–Crippen LogP) is 5.51. The maximum atomic E-state index is 14.1. The molecule has 3 unspecified atom stereocenters. The summed E-state index contributed by atoms with van der Waals surface area (Å²) in [5.41, 5.74) is 1.59. The van der Waals surface area contributed by atoms with Crippen LogP contribution in [-0.4, -0.2) is 70.6 Å². The normalized spacial score (nSPS) is 13.1. The molecule has 0 aliphatic heterocycles. The number of aromatic hydroxyl groups is 1. The zero-order chi connectivity index (χ0) is 37.0. The third-order valence-electron chi connectivity index (χ3n) is 8.20. The summed E-state index contributed by atoms with van der Waals surface area (Å²) in [6, 6.07) is 12.4. The minimum Gasteiger partial charge on any atom is -0.508 e.